The predicted octanol–water partition coefficient (Wildman–Crippen LogP) is 3.71. The van der Waals surface area contributed by atoms with Crippen LogP contribution < -0.4 is 0 Å². The normalized spacial score (nSPS) is 19.3. The average Bonchev–Trinajstić information content (AvgIpc) is 3.15. The number of rotatable bonds is 4. The van der Waals surface area contributed by atoms with Gasteiger partial charge in [-0.2, -0.15) is 0 Å². The fraction of sp³-hybridized carbons (Fsp3) is 0.0952. The lowest BCUT2D eigenvalue weighted by molar-refractivity contribution is 0.0852. The zero-order valence-corrected chi connectivity index (χ0v) is 15.1. The largest absolute Gasteiger partial charge is 0.508 e. The number of phenolic OH excluding ortho intramolecular Hbond substituents is 1. The molecule has 2 atom stereocenters. The van der Waals surface area contributed by atoms with E-state index in [4.69, 9.17) is 4.84 Å². The third-order valence-electron chi connectivity index (χ3n) is 4.53. The summed E-state index contributed by atoms with van der Waals surface area (Å²) in [6, 6.07) is 23.9. The van der Waals surface area contributed by atoms with Gasteiger partial charge < -0.3 is 9.94 Å². The van der Waals surface area contributed by atoms with E-state index in [2.05, 4.69) is 5.16 Å². The Labute approximate surface area is 157 Å². The number of hydrogen-bond donors (Lipinski definition) is 1. The molecule has 0 saturated heterocycles. The molecule has 0 saturated carbocycles. The van der Waals surface area contributed by atoms with Crippen molar-refractivity contribution in [1.29, 1.82) is 0 Å². The maximum absolute atomic E-state index is 13.5. The van der Waals surface area contributed by atoms with Gasteiger partial charge in [0.2, 0.25) is 0 Å². The van der Waals surface area contributed by atoms with E-state index in [1.807, 2.05) is 18.2 Å². The van der Waals surface area contributed by atoms with Crippen molar-refractivity contribution in [2.45, 2.75) is 16.2 Å². The Hall–Kier alpha value is -3.12. The molecule has 4 rings (SSSR count). The first-order valence-corrected chi connectivity index (χ1v) is 9.99. The smallest absolute Gasteiger partial charge is 0.191 e. The van der Waals surface area contributed by atoms with Crippen LogP contribution in [0.1, 0.15) is 17.2 Å². The van der Waals surface area contributed by atoms with E-state index in [0.717, 1.165) is 0 Å². The summed E-state index contributed by atoms with van der Waals surface area (Å²) in [5.74, 6) is -0.0275. The van der Waals surface area contributed by atoms with Crippen molar-refractivity contribution in [2.24, 2.45) is 5.16 Å². The van der Waals surface area contributed by atoms with Crippen LogP contribution in [0.15, 0.2) is 95.0 Å². The van der Waals surface area contributed by atoms with Crippen molar-refractivity contribution in [3.8, 4) is 5.75 Å². The zero-order chi connectivity index (χ0) is 18.9. The van der Waals surface area contributed by atoms with E-state index in [-0.39, 0.29) is 10.6 Å². The first-order chi connectivity index (χ1) is 13.1. The van der Waals surface area contributed by atoms with Gasteiger partial charge in [-0.05, 0) is 18.2 Å². The Morgan fingerprint density at radius 1 is 0.815 bits per heavy atom. The van der Waals surface area contributed by atoms with Crippen LogP contribution in [0.25, 0.3) is 0 Å². The highest BCUT2D eigenvalue weighted by Gasteiger charge is 2.46. The van der Waals surface area contributed by atoms with E-state index in [1.54, 1.807) is 60.7 Å². The van der Waals surface area contributed by atoms with E-state index in [1.165, 1.54) is 6.07 Å². The number of nitrogens with zero attached hydrogens (tertiary/aromatic N) is 1. The van der Waals surface area contributed by atoms with Crippen LogP contribution in [0, 0.1) is 0 Å². The Morgan fingerprint density at radius 2 is 1.41 bits per heavy atom. The molecule has 2 unspecified atom stereocenters. The van der Waals surface area contributed by atoms with Crippen molar-refractivity contribution in [2.75, 3.05) is 0 Å². The molecule has 1 aliphatic rings. The first kappa shape index (κ1) is 17.3. The molecule has 0 aromatic heterocycles. The quantitative estimate of drug-likeness (QED) is 0.750. The Kier molecular flexibility index (Phi) is 4.41. The molecular formula is C21H17NO4S. The minimum Gasteiger partial charge on any atom is -0.508 e. The molecule has 0 aliphatic carbocycles. The third-order valence-corrected chi connectivity index (χ3v) is 6.60. The van der Waals surface area contributed by atoms with E-state index in [9.17, 15) is 13.5 Å². The van der Waals surface area contributed by atoms with E-state index < -0.39 is 21.2 Å². The van der Waals surface area contributed by atoms with Gasteiger partial charge in [-0.1, -0.05) is 71.9 Å². The van der Waals surface area contributed by atoms with Crippen LogP contribution in [-0.4, -0.2) is 24.5 Å². The number of phenols is 1. The third kappa shape index (κ3) is 3.08. The van der Waals surface area contributed by atoms with Gasteiger partial charge in [0.15, 0.2) is 21.2 Å². The van der Waals surface area contributed by atoms with Crippen molar-refractivity contribution < 1.29 is 18.4 Å². The highest BCUT2D eigenvalue weighted by molar-refractivity contribution is 7.93. The second-order valence-corrected chi connectivity index (χ2v) is 8.28. The van der Waals surface area contributed by atoms with Crippen molar-refractivity contribution in [3.05, 3.63) is 96.1 Å². The minimum absolute atomic E-state index is 0.0275. The van der Waals surface area contributed by atoms with E-state index in [0.29, 0.717) is 16.8 Å². The molecule has 3 aromatic carbocycles. The van der Waals surface area contributed by atoms with Gasteiger partial charge in [0.25, 0.3) is 0 Å². The lowest BCUT2D eigenvalue weighted by atomic mass is 9.99. The maximum Gasteiger partial charge on any atom is 0.191 e. The van der Waals surface area contributed by atoms with Crippen molar-refractivity contribution in [1.82, 2.24) is 0 Å². The Bertz CT molecular complexity index is 1080. The van der Waals surface area contributed by atoms with Crippen LogP contribution >= 0.6 is 0 Å². The number of para-hydroxylation sites is 1. The summed E-state index contributed by atoms with van der Waals surface area (Å²) in [4.78, 5) is 5.74. The van der Waals surface area contributed by atoms with Crippen LogP contribution in [0.3, 0.4) is 0 Å². The number of aromatic hydroxyl groups is 1. The molecule has 0 spiro atoms. The first-order valence-electron chi connectivity index (χ1n) is 8.45. The molecule has 1 heterocycles. The summed E-state index contributed by atoms with van der Waals surface area (Å²) in [6.07, 6.45) is -0.938. The topological polar surface area (TPSA) is 76.0 Å². The van der Waals surface area contributed by atoms with Crippen LogP contribution in [0.4, 0.5) is 0 Å². The number of oxime groups is 1. The van der Waals surface area contributed by atoms with Gasteiger partial charge in [0.1, 0.15) is 11.5 Å². The molecule has 0 amide bonds. The molecule has 6 heteroatoms. The lowest BCUT2D eigenvalue weighted by Gasteiger charge is -2.20. The van der Waals surface area contributed by atoms with Crippen LogP contribution in [-0.2, 0) is 14.7 Å². The van der Waals surface area contributed by atoms with Gasteiger partial charge >= 0.3 is 0 Å². The number of benzene rings is 3. The van der Waals surface area contributed by atoms with E-state index >= 15 is 0 Å². The molecule has 3 aromatic rings. The molecule has 136 valence electrons. The molecule has 0 bridgehead atoms. The lowest BCUT2D eigenvalue weighted by Crippen LogP contribution is -2.33. The molecule has 1 aliphatic heterocycles. The van der Waals surface area contributed by atoms with Crippen molar-refractivity contribution in [3.63, 3.8) is 0 Å². The van der Waals surface area contributed by atoms with Crippen molar-refractivity contribution >= 4 is 15.5 Å². The SMILES string of the molecule is O=S(=O)(c1ccccc1)C1C(c2ccccc2)=NOC1c1ccccc1O. The average molecular weight is 379 g/mol. The summed E-state index contributed by atoms with van der Waals surface area (Å²) >= 11 is 0. The van der Waals surface area contributed by atoms with Gasteiger partial charge in [-0.25, -0.2) is 8.42 Å². The molecule has 0 fully saturated rings. The highest BCUT2D eigenvalue weighted by Crippen LogP contribution is 2.40. The summed E-state index contributed by atoms with van der Waals surface area (Å²) in [7, 11) is -3.82. The fourth-order valence-corrected chi connectivity index (χ4v) is 5.03. The van der Waals surface area contributed by atoms with Gasteiger partial charge in [0, 0.05) is 11.1 Å². The summed E-state index contributed by atoms with van der Waals surface area (Å²) < 4.78 is 26.9. The molecule has 27 heavy (non-hydrogen) atoms. The predicted molar refractivity (Wildman–Crippen MR) is 102 cm³/mol. The molecule has 1 N–H and O–H groups in total. The monoisotopic (exact) mass is 379 g/mol. The molecular weight excluding hydrogens is 362 g/mol. The highest BCUT2D eigenvalue weighted by atomic mass is 32.2. The number of sulfone groups is 1. The van der Waals surface area contributed by atoms with Gasteiger partial charge in [-0.3, -0.25) is 0 Å². The Balaban J connectivity index is 1.87. The summed E-state index contributed by atoms with van der Waals surface area (Å²) in [5.41, 5.74) is 1.38. The van der Waals surface area contributed by atoms with Crippen LogP contribution in [0.5, 0.6) is 5.75 Å². The summed E-state index contributed by atoms with van der Waals surface area (Å²) in [6.45, 7) is 0. The fourth-order valence-electron chi connectivity index (χ4n) is 3.20. The molecule has 0 radical (unpaired) electrons. The van der Waals surface area contributed by atoms with Gasteiger partial charge in [0.05, 0.1) is 4.90 Å². The standard InChI is InChI=1S/C21H17NO4S/c23-18-14-8-7-13-17(18)20-21(27(24,25)16-11-5-2-6-12-16)19(22-26-20)15-9-3-1-4-10-15/h1-14,20-21,23H. The number of hydrogen-bond acceptors (Lipinski definition) is 5. The second kappa shape index (κ2) is 6.89. The molecule has 5 nitrogen and oxygen atoms in total. The second-order valence-electron chi connectivity index (χ2n) is 6.21. The summed E-state index contributed by atoms with van der Waals surface area (Å²) in [5, 5.41) is 13.3. The Morgan fingerprint density at radius 3 is 2.07 bits per heavy atom. The zero-order valence-electron chi connectivity index (χ0n) is 14.3. The van der Waals surface area contributed by atoms with Gasteiger partial charge in [-0.15, -0.1) is 0 Å². The van der Waals surface area contributed by atoms with Crippen LogP contribution in [0.2, 0.25) is 0 Å². The minimum atomic E-state index is -3.82. The maximum atomic E-state index is 13.5.